The maximum atomic E-state index is 5.85. The molecule has 4 nitrogen and oxygen atoms in total. The van der Waals surface area contributed by atoms with Crippen molar-refractivity contribution < 1.29 is 4.42 Å². The number of aromatic nitrogens is 2. The number of fused-ring (bicyclic) bond motifs is 1. The van der Waals surface area contributed by atoms with Crippen LogP contribution >= 0.6 is 0 Å². The fourth-order valence-corrected chi connectivity index (χ4v) is 3.35. The molecule has 22 heavy (non-hydrogen) atoms. The minimum atomic E-state index is 0.529. The Morgan fingerprint density at radius 2 is 1.77 bits per heavy atom. The summed E-state index contributed by atoms with van der Waals surface area (Å²) in [4.78, 5) is 2.36. The first-order chi connectivity index (χ1) is 10.7. The molecule has 0 radical (unpaired) electrons. The van der Waals surface area contributed by atoms with Gasteiger partial charge >= 0.3 is 0 Å². The zero-order chi connectivity index (χ0) is 15.1. The molecule has 1 aromatic carbocycles. The van der Waals surface area contributed by atoms with Gasteiger partial charge in [0.25, 0.3) is 0 Å². The van der Waals surface area contributed by atoms with E-state index in [4.69, 9.17) is 4.42 Å². The van der Waals surface area contributed by atoms with Crippen molar-refractivity contribution in [1.29, 1.82) is 0 Å². The molecule has 0 spiro atoms. The van der Waals surface area contributed by atoms with Crippen LogP contribution in [0, 0.1) is 0 Å². The molecule has 3 heterocycles. The predicted octanol–water partition coefficient (Wildman–Crippen LogP) is 4.27. The van der Waals surface area contributed by atoms with Crippen molar-refractivity contribution in [1.82, 2.24) is 10.2 Å². The number of para-hydroxylation sites is 1. The molecule has 1 aliphatic rings. The molecule has 0 bridgehead atoms. The van der Waals surface area contributed by atoms with E-state index in [1.54, 1.807) is 0 Å². The summed E-state index contributed by atoms with van der Waals surface area (Å²) >= 11 is 0. The lowest BCUT2D eigenvalue weighted by molar-refractivity contribution is 0.625. The van der Waals surface area contributed by atoms with E-state index in [1.807, 2.05) is 42.5 Å². The third-order valence-electron chi connectivity index (χ3n) is 4.54. The zero-order valence-corrected chi connectivity index (χ0v) is 12.9. The smallest absolute Gasteiger partial charge is 0.155 e. The molecule has 112 valence electrons. The number of hydrogen-bond acceptors (Lipinski definition) is 4. The minimum absolute atomic E-state index is 0.529. The van der Waals surface area contributed by atoms with Crippen molar-refractivity contribution in [3.63, 3.8) is 0 Å². The Labute approximate surface area is 129 Å². The van der Waals surface area contributed by atoms with Crippen LogP contribution in [0.25, 0.3) is 22.4 Å². The number of hydrogen-bond donors (Lipinski definition) is 0. The standard InChI is InChI=1S/C18H19N3O/c1-12-7-8-13(2)21(12)18-10-9-15(19-20-18)17-11-14-5-3-4-6-16(14)22-17/h3-6,9-13H,7-8H2,1-2H3/t12-,13+. The van der Waals surface area contributed by atoms with Crippen LogP contribution in [-0.4, -0.2) is 22.3 Å². The fraction of sp³-hybridized carbons (Fsp3) is 0.333. The molecular weight excluding hydrogens is 274 g/mol. The molecule has 2 atom stereocenters. The Hall–Kier alpha value is -2.36. The van der Waals surface area contributed by atoms with E-state index in [-0.39, 0.29) is 0 Å². The van der Waals surface area contributed by atoms with Gasteiger partial charge in [-0.05, 0) is 51.0 Å². The third-order valence-corrected chi connectivity index (χ3v) is 4.54. The van der Waals surface area contributed by atoms with E-state index in [1.165, 1.54) is 12.8 Å². The minimum Gasteiger partial charge on any atom is -0.454 e. The highest BCUT2D eigenvalue weighted by atomic mass is 16.3. The second-order valence-electron chi connectivity index (χ2n) is 6.11. The van der Waals surface area contributed by atoms with E-state index in [0.717, 1.165) is 28.2 Å². The molecule has 0 N–H and O–H groups in total. The second kappa shape index (κ2) is 5.13. The van der Waals surface area contributed by atoms with E-state index in [0.29, 0.717) is 12.1 Å². The van der Waals surface area contributed by atoms with Gasteiger partial charge in [0.2, 0.25) is 0 Å². The largest absolute Gasteiger partial charge is 0.454 e. The van der Waals surface area contributed by atoms with Gasteiger partial charge in [0.05, 0.1) is 0 Å². The molecule has 3 aromatic rings. The summed E-state index contributed by atoms with van der Waals surface area (Å²) in [5.41, 5.74) is 1.66. The maximum absolute atomic E-state index is 5.85. The average Bonchev–Trinajstić information content (AvgIpc) is 3.11. The van der Waals surface area contributed by atoms with Crippen LogP contribution in [0.1, 0.15) is 26.7 Å². The average molecular weight is 293 g/mol. The second-order valence-corrected chi connectivity index (χ2v) is 6.11. The molecule has 1 saturated heterocycles. The molecule has 0 saturated carbocycles. The van der Waals surface area contributed by atoms with E-state index >= 15 is 0 Å². The maximum Gasteiger partial charge on any atom is 0.155 e. The first kappa shape index (κ1) is 13.3. The van der Waals surface area contributed by atoms with Gasteiger partial charge in [-0.1, -0.05) is 18.2 Å². The lowest BCUT2D eigenvalue weighted by atomic mass is 10.2. The topological polar surface area (TPSA) is 42.2 Å². The van der Waals surface area contributed by atoms with Crippen molar-refractivity contribution in [2.75, 3.05) is 4.90 Å². The summed E-state index contributed by atoms with van der Waals surface area (Å²) in [6, 6.07) is 15.1. The van der Waals surface area contributed by atoms with Crippen LogP contribution < -0.4 is 4.90 Å². The van der Waals surface area contributed by atoms with Crippen molar-refractivity contribution in [3.05, 3.63) is 42.5 Å². The van der Waals surface area contributed by atoms with Gasteiger partial charge in [0.15, 0.2) is 11.6 Å². The highest BCUT2D eigenvalue weighted by molar-refractivity contribution is 5.82. The van der Waals surface area contributed by atoms with Crippen molar-refractivity contribution >= 4 is 16.8 Å². The SMILES string of the molecule is C[C@@H]1CC[C@H](C)N1c1ccc(-c2cc3ccccc3o2)nn1. The Morgan fingerprint density at radius 1 is 1.00 bits per heavy atom. The number of furan rings is 1. The summed E-state index contributed by atoms with van der Waals surface area (Å²) in [5, 5.41) is 9.88. The number of rotatable bonds is 2. The van der Waals surface area contributed by atoms with E-state index in [2.05, 4.69) is 28.9 Å². The Kier molecular flexibility index (Phi) is 3.10. The van der Waals surface area contributed by atoms with Gasteiger partial charge < -0.3 is 9.32 Å². The van der Waals surface area contributed by atoms with Crippen LogP contribution in [0.5, 0.6) is 0 Å². The molecule has 4 rings (SSSR count). The van der Waals surface area contributed by atoms with Gasteiger partial charge in [-0.2, -0.15) is 0 Å². The van der Waals surface area contributed by atoms with Gasteiger partial charge in [-0.25, -0.2) is 0 Å². The fourth-order valence-electron chi connectivity index (χ4n) is 3.35. The van der Waals surface area contributed by atoms with Gasteiger partial charge in [-0.3, -0.25) is 0 Å². The first-order valence-corrected chi connectivity index (χ1v) is 7.83. The van der Waals surface area contributed by atoms with Crippen LogP contribution in [0.3, 0.4) is 0 Å². The summed E-state index contributed by atoms with van der Waals surface area (Å²) in [5.74, 6) is 1.72. The normalized spacial score (nSPS) is 21.6. The van der Waals surface area contributed by atoms with Crippen LogP contribution in [0.2, 0.25) is 0 Å². The molecule has 2 aromatic heterocycles. The lowest BCUT2D eigenvalue weighted by Crippen LogP contribution is -2.33. The van der Waals surface area contributed by atoms with Crippen molar-refractivity contribution in [3.8, 4) is 11.5 Å². The lowest BCUT2D eigenvalue weighted by Gasteiger charge is -2.26. The van der Waals surface area contributed by atoms with Crippen LogP contribution in [0.15, 0.2) is 46.9 Å². The van der Waals surface area contributed by atoms with Crippen LogP contribution in [0.4, 0.5) is 5.82 Å². The highest BCUT2D eigenvalue weighted by Gasteiger charge is 2.28. The molecule has 0 aliphatic carbocycles. The van der Waals surface area contributed by atoms with Gasteiger partial charge in [0, 0.05) is 17.5 Å². The Balaban J connectivity index is 1.66. The molecule has 1 aliphatic heterocycles. The monoisotopic (exact) mass is 293 g/mol. The van der Waals surface area contributed by atoms with E-state index < -0.39 is 0 Å². The quantitative estimate of drug-likeness (QED) is 0.707. The Bertz CT molecular complexity index is 750. The first-order valence-electron chi connectivity index (χ1n) is 7.83. The highest BCUT2D eigenvalue weighted by Crippen LogP contribution is 2.30. The summed E-state index contributed by atoms with van der Waals surface area (Å²) < 4.78 is 5.85. The summed E-state index contributed by atoms with van der Waals surface area (Å²) in [6.07, 6.45) is 2.43. The molecule has 0 unspecified atom stereocenters. The third kappa shape index (κ3) is 2.15. The number of anilines is 1. The summed E-state index contributed by atoms with van der Waals surface area (Å²) in [7, 11) is 0. The van der Waals surface area contributed by atoms with Crippen molar-refractivity contribution in [2.24, 2.45) is 0 Å². The molecule has 0 amide bonds. The van der Waals surface area contributed by atoms with Crippen LogP contribution in [-0.2, 0) is 0 Å². The zero-order valence-electron chi connectivity index (χ0n) is 12.9. The molecular formula is C18H19N3O. The summed E-state index contributed by atoms with van der Waals surface area (Å²) in [6.45, 7) is 4.50. The van der Waals surface area contributed by atoms with Crippen molar-refractivity contribution in [2.45, 2.75) is 38.8 Å². The van der Waals surface area contributed by atoms with Gasteiger partial charge in [-0.15, -0.1) is 10.2 Å². The number of benzene rings is 1. The molecule has 4 heteroatoms. The van der Waals surface area contributed by atoms with Gasteiger partial charge in [0.1, 0.15) is 11.3 Å². The number of nitrogens with zero attached hydrogens (tertiary/aromatic N) is 3. The van der Waals surface area contributed by atoms with E-state index in [9.17, 15) is 0 Å². The predicted molar refractivity (Wildman–Crippen MR) is 87.9 cm³/mol. The Morgan fingerprint density at radius 3 is 2.45 bits per heavy atom. The molecule has 1 fully saturated rings.